The molecule has 2 heterocycles. The summed E-state index contributed by atoms with van der Waals surface area (Å²) in [6.45, 7) is 14.6. The Morgan fingerprint density at radius 2 is 1.70 bits per heavy atom. The molecule has 1 saturated heterocycles. The molecule has 1 aliphatic rings. The highest BCUT2D eigenvalue weighted by atomic mass is 15.3. The van der Waals surface area contributed by atoms with Crippen molar-refractivity contribution in [2.45, 2.75) is 27.7 Å². The molecule has 0 unspecified atom stereocenters. The van der Waals surface area contributed by atoms with Crippen LogP contribution in [0.5, 0.6) is 0 Å². The lowest BCUT2D eigenvalue weighted by Crippen LogP contribution is -2.45. The molecule has 27 heavy (non-hydrogen) atoms. The monoisotopic (exact) mass is 368 g/mol. The number of hydrogen-bond acceptors (Lipinski definition) is 6. The molecule has 1 aliphatic heterocycles. The van der Waals surface area contributed by atoms with Crippen LogP contribution in [0.15, 0.2) is 24.3 Å². The van der Waals surface area contributed by atoms with E-state index in [1.165, 1.54) is 11.3 Å². The summed E-state index contributed by atoms with van der Waals surface area (Å²) in [5.74, 6) is 1.68. The molecular formula is C21H32N6. The number of likely N-dealkylation sites (N-methyl/N-ethyl adjacent to an activating group) is 1. The van der Waals surface area contributed by atoms with Crippen LogP contribution in [0.1, 0.15) is 25.1 Å². The number of hydrogen-bond donors (Lipinski definition) is 1. The van der Waals surface area contributed by atoms with Gasteiger partial charge in [-0.3, -0.25) is 0 Å². The summed E-state index contributed by atoms with van der Waals surface area (Å²) >= 11 is 0. The van der Waals surface area contributed by atoms with Crippen LogP contribution in [0, 0.1) is 13.8 Å². The molecule has 0 saturated carbocycles. The summed E-state index contributed by atoms with van der Waals surface area (Å²) in [6.07, 6.45) is 0. The number of rotatable bonds is 6. The summed E-state index contributed by atoms with van der Waals surface area (Å²) < 4.78 is 0. The Hall–Kier alpha value is -2.34. The van der Waals surface area contributed by atoms with E-state index in [-0.39, 0.29) is 0 Å². The number of anilines is 4. The van der Waals surface area contributed by atoms with E-state index in [9.17, 15) is 0 Å². The number of aryl methyl sites for hydroxylation is 2. The van der Waals surface area contributed by atoms with Crippen LogP contribution in [0.3, 0.4) is 0 Å². The molecule has 0 radical (unpaired) electrons. The van der Waals surface area contributed by atoms with E-state index < -0.39 is 0 Å². The van der Waals surface area contributed by atoms with Gasteiger partial charge in [0.05, 0.1) is 0 Å². The molecule has 0 bridgehead atoms. The maximum absolute atomic E-state index is 4.78. The van der Waals surface area contributed by atoms with Gasteiger partial charge in [0.2, 0.25) is 5.95 Å². The molecule has 3 rings (SSSR count). The summed E-state index contributed by atoms with van der Waals surface area (Å²) in [6, 6.07) is 8.58. The second-order valence-electron chi connectivity index (χ2n) is 7.28. The zero-order valence-corrected chi connectivity index (χ0v) is 17.3. The third-order valence-electron chi connectivity index (χ3n) is 5.23. The van der Waals surface area contributed by atoms with Crippen molar-refractivity contribution >= 4 is 23.1 Å². The molecular weight excluding hydrogens is 336 g/mol. The average Bonchev–Trinajstić information content (AvgIpc) is 2.65. The predicted molar refractivity (Wildman–Crippen MR) is 115 cm³/mol. The van der Waals surface area contributed by atoms with Gasteiger partial charge >= 0.3 is 0 Å². The maximum atomic E-state index is 4.78. The molecule has 6 nitrogen and oxygen atoms in total. The summed E-state index contributed by atoms with van der Waals surface area (Å²) in [5.41, 5.74) is 4.56. The minimum Gasteiger partial charge on any atom is -0.372 e. The fourth-order valence-corrected chi connectivity index (χ4v) is 3.48. The van der Waals surface area contributed by atoms with E-state index in [1.807, 2.05) is 13.0 Å². The second-order valence-corrected chi connectivity index (χ2v) is 7.28. The van der Waals surface area contributed by atoms with Crippen molar-refractivity contribution in [3.05, 3.63) is 35.5 Å². The van der Waals surface area contributed by atoms with Gasteiger partial charge in [-0.25, -0.2) is 4.98 Å². The first-order valence-corrected chi connectivity index (χ1v) is 9.92. The third kappa shape index (κ3) is 4.69. The van der Waals surface area contributed by atoms with Crippen LogP contribution in [-0.2, 0) is 0 Å². The van der Waals surface area contributed by atoms with Crippen LogP contribution in [0.4, 0.5) is 23.1 Å². The third-order valence-corrected chi connectivity index (χ3v) is 5.23. The van der Waals surface area contributed by atoms with Crippen molar-refractivity contribution in [3.63, 3.8) is 0 Å². The Bertz CT molecular complexity index is 763. The minimum atomic E-state index is 0.822. The van der Waals surface area contributed by atoms with Crippen molar-refractivity contribution in [3.8, 4) is 0 Å². The van der Waals surface area contributed by atoms with Crippen LogP contribution < -0.4 is 15.1 Å². The van der Waals surface area contributed by atoms with Crippen LogP contribution >= 0.6 is 0 Å². The topological polar surface area (TPSA) is 47.5 Å². The van der Waals surface area contributed by atoms with E-state index in [2.05, 4.69) is 71.0 Å². The quantitative estimate of drug-likeness (QED) is 0.843. The molecule has 146 valence electrons. The van der Waals surface area contributed by atoms with Crippen LogP contribution in [-0.4, -0.2) is 61.2 Å². The van der Waals surface area contributed by atoms with Crippen LogP contribution in [0.25, 0.3) is 0 Å². The van der Waals surface area contributed by atoms with E-state index >= 15 is 0 Å². The van der Waals surface area contributed by atoms with Crippen molar-refractivity contribution in [2.24, 2.45) is 0 Å². The van der Waals surface area contributed by atoms with Gasteiger partial charge in [-0.2, -0.15) is 4.98 Å². The Morgan fingerprint density at radius 3 is 2.33 bits per heavy atom. The maximum Gasteiger partial charge on any atom is 0.227 e. The van der Waals surface area contributed by atoms with Gasteiger partial charge in [0.15, 0.2) is 0 Å². The second kappa shape index (κ2) is 8.57. The average molecular weight is 369 g/mol. The van der Waals surface area contributed by atoms with Gasteiger partial charge in [-0.15, -0.1) is 0 Å². The molecule has 2 aromatic rings. The van der Waals surface area contributed by atoms with E-state index in [0.717, 1.165) is 62.4 Å². The smallest absolute Gasteiger partial charge is 0.227 e. The predicted octanol–water partition coefficient (Wildman–Crippen LogP) is 3.44. The van der Waals surface area contributed by atoms with Gasteiger partial charge in [-0.05, 0) is 58.5 Å². The molecule has 1 N–H and O–H groups in total. The molecule has 1 fully saturated rings. The fourth-order valence-electron chi connectivity index (χ4n) is 3.48. The first kappa shape index (κ1) is 19.4. The molecule has 1 aromatic heterocycles. The molecule has 0 spiro atoms. The first-order valence-electron chi connectivity index (χ1n) is 9.92. The molecule has 0 aliphatic carbocycles. The van der Waals surface area contributed by atoms with Gasteiger partial charge in [0.1, 0.15) is 5.82 Å². The van der Waals surface area contributed by atoms with Crippen LogP contribution in [0.2, 0.25) is 0 Å². The highest BCUT2D eigenvalue weighted by Gasteiger charge is 2.17. The Labute approximate surface area is 163 Å². The van der Waals surface area contributed by atoms with Crippen molar-refractivity contribution in [2.75, 3.05) is 61.4 Å². The van der Waals surface area contributed by atoms with Gasteiger partial charge < -0.3 is 20.0 Å². The van der Waals surface area contributed by atoms with E-state index in [1.54, 1.807) is 0 Å². The molecule has 0 amide bonds. The zero-order valence-electron chi connectivity index (χ0n) is 17.3. The summed E-state index contributed by atoms with van der Waals surface area (Å²) in [5, 5.41) is 3.50. The van der Waals surface area contributed by atoms with Crippen molar-refractivity contribution < 1.29 is 0 Å². The largest absolute Gasteiger partial charge is 0.372 e. The lowest BCUT2D eigenvalue weighted by Gasteiger charge is -2.32. The highest BCUT2D eigenvalue weighted by molar-refractivity contribution is 5.66. The molecule has 1 aromatic carbocycles. The normalized spacial score (nSPS) is 15.1. The minimum absolute atomic E-state index is 0.822. The SMILES string of the molecule is CCN(CC)c1ccc(Nc2cc(C)nc(N3CCN(C)CC3)n2)c(C)c1. The molecule has 6 heteroatoms. The van der Waals surface area contributed by atoms with Crippen molar-refractivity contribution in [1.82, 2.24) is 14.9 Å². The zero-order chi connectivity index (χ0) is 19.4. The number of aromatic nitrogens is 2. The van der Waals surface area contributed by atoms with E-state index in [4.69, 9.17) is 4.98 Å². The van der Waals surface area contributed by atoms with Crippen molar-refractivity contribution in [1.29, 1.82) is 0 Å². The standard InChI is InChI=1S/C21H32N6/c1-6-26(7-2)18-8-9-19(16(3)14-18)23-20-15-17(4)22-21(24-20)27-12-10-25(5)11-13-27/h8-9,14-15H,6-7,10-13H2,1-5H3,(H,22,23,24). The summed E-state index contributed by atoms with van der Waals surface area (Å²) in [7, 11) is 2.16. The highest BCUT2D eigenvalue weighted by Crippen LogP contribution is 2.26. The van der Waals surface area contributed by atoms with E-state index in [0.29, 0.717) is 0 Å². The van der Waals surface area contributed by atoms with Gasteiger partial charge in [0.25, 0.3) is 0 Å². The Balaban J connectivity index is 1.79. The number of nitrogens with one attached hydrogen (secondary N) is 1. The lowest BCUT2D eigenvalue weighted by molar-refractivity contribution is 0.311. The molecule has 0 atom stereocenters. The summed E-state index contributed by atoms with van der Waals surface area (Å²) in [4.78, 5) is 16.4. The number of nitrogens with zero attached hydrogens (tertiary/aromatic N) is 5. The van der Waals surface area contributed by atoms with Gasteiger partial charge in [0, 0.05) is 62.4 Å². The Kier molecular flexibility index (Phi) is 6.16. The Morgan fingerprint density at radius 1 is 1.00 bits per heavy atom. The number of piperazine rings is 1. The van der Waals surface area contributed by atoms with Gasteiger partial charge in [-0.1, -0.05) is 0 Å². The number of benzene rings is 1. The first-order chi connectivity index (χ1) is 13.0. The fraction of sp³-hybridized carbons (Fsp3) is 0.524. The lowest BCUT2D eigenvalue weighted by atomic mass is 10.1.